The van der Waals surface area contributed by atoms with E-state index in [1.807, 2.05) is 51.1 Å². The lowest BCUT2D eigenvalue weighted by Crippen LogP contribution is -2.36. The van der Waals surface area contributed by atoms with E-state index >= 15 is 0 Å². The molecule has 2 atom stereocenters. The molecule has 172 valence electrons. The number of benzene rings is 2. The first-order chi connectivity index (χ1) is 15.7. The van der Waals surface area contributed by atoms with Crippen molar-refractivity contribution in [1.29, 1.82) is 0 Å². The van der Waals surface area contributed by atoms with Gasteiger partial charge in [0.25, 0.3) is 0 Å². The summed E-state index contributed by atoms with van der Waals surface area (Å²) in [7, 11) is 0. The molecule has 6 heteroatoms. The SMILES string of the molecule is CC1=C(C(=O)OCC(C)C)[C@H](c2cccc(O)c2)C2=C(C[C@@H](c3ccc(Cl)cc3)CC2=O)N1. The maximum absolute atomic E-state index is 13.5. The fourth-order valence-electron chi connectivity index (χ4n) is 4.64. The molecule has 0 radical (unpaired) electrons. The standard InChI is InChI=1S/C27H28ClNO4/c1-15(2)14-33-27(32)24-16(3)29-22-12-19(17-7-9-20(28)10-8-17)13-23(31)26(22)25(24)18-5-4-6-21(30)11-18/h4-11,15,19,25,29-30H,12-14H2,1-3H3/t19-,25+/m1/s1. The highest BCUT2D eigenvalue weighted by molar-refractivity contribution is 6.30. The van der Waals surface area contributed by atoms with Crippen LogP contribution in [0.2, 0.25) is 5.02 Å². The highest BCUT2D eigenvalue weighted by Crippen LogP contribution is 2.46. The molecule has 1 aliphatic heterocycles. The largest absolute Gasteiger partial charge is 0.508 e. The Bertz CT molecular complexity index is 1150. The topological polar surface area (TPSA) is 75.6 Å². The number of rotatable bonds is 5. The minimum absolute atomic E-state index is 0.0151. The molecule has 0 saturated heterocycles. The van der Waals surface area contributed by atoms with Gasteiger partial charge in [0.1, 0.15) is 5.75 Å². The van der Waals surface area contributed by atoms with Crippen molar-refractivity contribution in [1.82, 2.24) is 5.32 Å². The Hall–Kier alpha value is -3.05. The van der Waals surface area contributed by atoms with E-state index in [1.54, 1.807) is 18.2 Å². The molecule has 0 spiro atoms. The Kier molecular flexibility index (Phi) is 6.61. The molecule has 4 rings (SSSR count). The third-order valence-electron chi connectivity index (χ3n) is 6.14. The van der Waals surface area contributed by atoms with Crippen LogP contribution in [0, 0.1) is 5.92 Å². The van der Waals surface area contributed by atoms with E-state index in [0.29, 0.717) is 46.9 Å². The number of allylic oxidation sites excluding steroid dienone is 3. The minimum Gasteiger partial charge on any atom is -0.508 e. The minimum atomic E-state index is -0.591. The predicted molar refractivity (Wildman–Crippen MR) is 128 cm³/mol. The Balaban J connectivity index is 1.76. The number of dihydropyridines is 1. The fraction of sp³-hybridized carbons (Fsp3) is 0.333. The highest BCUT2D eigenvalue weighted by Gasteiger charge is 2.41. The van der Waals surface area contributed by atoms with Crippen LogP contribution in [0.1, 0.15) is 56.6 Å². The van der Waals surface area contributed by atoms with Crippen LogP contribution in [0.4, 0.5) is 0 Å². The third-order valence-corrected chi connectivity index (χ3v) is 6.39. The number of nitrogens with one attached hydrogen (secondary N) is 1. The van der Waals surface area contributed by atoms with Gasteiger partial charge in [0, 0.05) is 34.3 Å². The van der Waals surface area contributed by atoms with Crippen LogP contribution < -0.4 is 5.32 Å². The number of hydrogen-bond donors (Lipinski definition) is 2. The average Bonchev–Trinajstić information content (AvgIpc) is 2.76. The summed E-state index contributed by atoms with van der Waals surface area (Å²) in [6.45, 7) is 6.08. The lowest BCUT2D eigenvalue weighted by atomic mass is 9.71. The van der Waals surface area contributed by atoms with Crippen LogP contribution in [-0.2, 0) is 14.3 Å². The lowest BCUT2D eigenvalue weighted by molar-refractivity contribution is -0.140. The predicted octanol–water partition coefficient (Wildman–Crippen LogP) is 5.61. The molecule has 2 aromatic rings. The number of phenolic OH excluding ortho intramolecular Hbond substituents is 1. The Morgan fingerprint density at radius 3 is 2.55 bits per heavy atom. The maximum atomic E-state index is 13.5. The van der Waals surface area contributed by atoms with Gasteiger partial charge < -0.3 is 15.2 Å². The molecule has 33 heavy (non-hydrogen) atoms. The van der Waals surface area contributed by atoms with Crippen LogP contribution in [0.3, 0.4) is 0 Å². The van der Waals surface area contributed by atoms with Crippen molar-refractivity contribution in [3.8, 4) is 5.75 Å². The summed E-state index contributed by atoms with van der Waals surface area (Å²) in [5, 5.41) is 14.1. The van der Waals surface area contributed by atoms with Crippen molar-refractivity contribution in [2.24, 2.45) is 5.92 Å². The molecule has 0 unspecified atom stereocenters. The van der Waals surface area contributed by atoms with Crippen molar-refractivity contribution < 1.29 is 19.4 Å². The second-order valence-corrected chi connectivity index (χ2v) is 9.59. The van der Waals surface area contributed by atoms with Gasteiger partial charge in [-0.15, -0.1) is 0 Å². The van der Waals surface area contributed by atoms with E-state index < -0.39 is 11.9 Å². The van der Waals surface area contributed by atoms with Gasteiger partial charge in [0.05, 0.1) is 12.2 Å². The van der Waals surface area contributed by atoms with Gasteiger partial charge in [-0.1, -0.05) is 49.7 Å². The van der Waals surface area contributed by atoms with E-state index in [4.69, 9.17) is 16.3 Å². The third kappa shape index (κ3) is 4.83. The summed E-state index contributed by atoms with van der Waals surface area (Å²) >= 11 is 6.04. The number of carbonyl (C=O) groups is 2. The van der Waals surface area contributed by atoms with E-state index in [0.717, 1.165) is 11.3 Å². The molecule has 1 heterocycles. The van der Waals surface area contributed by atoms with Gasteiger partial charge >= 0.3 is 5.97 Å². The summed E-state index contributed by atoms with van der Waals surface area (Å²) in [4.78, 5) is 26.7. The molecule has 0 aromatic heterocycles. The van der Waals surface area contributed by atoms with Crippen LogP contribution in [0.5, 0.6) is 5.75 Å². The summed E-state index contributed by atoms with van der Waals surface area (Å²) in [6.07, 6.45) is 0.981. The first-order valence-electron chi connectivity index (χ1n) is 11.2. The zero-order valence-electron chi connectivity index (χ0n) is 19.0. The molecule has 1 aliphatic carbocycles. The van der Waals surface area contributed by atoms with Crippen LogP contribution in [0.15, 0.2) is 71.1 Å². The van der Waals surface area contributed by atoms with Crippen LogP contribution in [-0.4, -0.2) is 23.5 Å². The van der Waals surface area contributed by atoms with Gasteiger partial charge in [0.2, 0.25) is 0 Å². The molecule has 0 amide bonds. The molecular weight excluding hydrogens is 438 g/mol. The number of ether oxygens (including phenoxy) is 1. The Morgan fingerprint density at radius 2 is 1.88 bits per heavy atom. The maximum Gasteiger partial charge on any atom is 0.336 e. The van der Waals surface area contributed by atoms with E-state index in [9.17, 15) is 14.7 Å². The van der Waals surface area contributed by atoms with Gasteiger partial charge in [-0.3, -0.25) is 4.79 Å². The normalized spacial score (nSPS) is 20.6. The quantitative estimate of drug-likeness (QED) is 0.561. The zero-order chi connectivity index (χ0) is 23.7. The van der Waals surface area contributed by atoms with Crippen molar-refractivity contribution in [3.63, 3.8) is 0 Å². The number of Topliss-reactive ketones (excluding diaryl/α,β-unsaturated/α-hetero) is 1. The van der Waals surface area contributed by atoms with E-state index in [-0.39, 0.29) is 23.4 Å². The van der Waals surface area contributed by atoms with Crippen LogP contribution >= 0.6 is 11.6 Å². The number of ketones is 1. The fourth-order valence-corrected chi connectivity index (χ4v) is 4.76. The number of phenols is 1. The average molecular weight is 466 g/mol. The number of carbonyl (C=O) groups excluding carboxylic acids is 2. The first-order valence-corrected chi connectivity index (χ1v) is 11.6. The van der Waals surface area contributed by atoms with Crippen molar-refractivity contribution in [2.45, 2.75) is 45.4 Å². The van der Waals surface area contributed by atoms with Crippen molar-refractivity contribution in [2.75, 3.05) is 6.61 Å². The summed E-state index contributed by atoms with van der Waals surface area (Å²) in [6, 6.07) is 14.3. The molecule has 0 bridgehead atoms. The molecule has 5 nitrogen and oxygen atoms in total. The summed E-state index contributed by atoms with van der Waals surface area (Å²) < 4.78 is 5.57. The Labute approximate surface area is 199 Å². The number of aromatic hydroxyl groups is 1. The number of halogens is 1. The van der Waals surface area contributed by atoms with E-state index in [2.05, 4.69) is 5.32 Å². The summed E-state index contributed by atoms with van der Waals surface area (Å²) in [5.41, 5.74) is 4.22. The van der Waals surface area contributed by atoms with Gasteiger partial charge in [0.15, 0.2) is 5.78 Å². The molecular formula is C27H28ClNO4. The van der Waals surface area contributed by atoms with Gasteiger partial charge in [-0.05, 0) is 60.6 Å². The second kappa shape index (κ2) is 9.44. The molecule has 2 aliphatic rings. The van der Waals surface area contributed by atoms with E-state index in [1.165, 1.54) is 0 Å². The van der Waals surface area contributed by atoms with Crippen LogP contribution in [0.25, 0.3) is 0 Å². The van der Waals surface area contributed by atoms with Gasteiger partial charge in [-0.25, -0.2) is 4.79 Å². The van der Waals surface area contributed by atoms with Gasteiger partial charge in [-0.2, -0.15) is 0 Å². The molecule has 2 aromatic carbocycles. The number of esters is 1. The number of hydrogen-bond acceptors (Lipinski definition) is 5. The molecule has 0 fully saturated rings. The molecule has 2 N–H and O–H groups in total. The van der Waals surface area contributed by atoms with Crippen molar-refractivity contribution in [3.05, 3.63) is 87.2 Å². The summed E-state index contributed by atoms with van der Waals surface area (Å²) in [5.74, 6) is -0.750. The molecule has 0 saturated carbocycles. The lowest BCUT2D eigenvalue weighted by Gasteiger charge is -2.36. The first kappa shape index (κ1) is 23.1. The Morgan fingerprint density at radius 1 is 1.15 bits per heavy atom. The second-order valence-electron chi connectivity index (χ2n) is 9.16. The zero-order valence-corrected chi connectivity index (χ0v) is 19.8. The monoisotopic (exact) mass is 465 g/mol. The smallest absolute Gasteiger partial charge is 0.336 e. The highest BCUT2D eigenvalue weighted by atomic mass is 35.5. The van der Waals surface area contributed by atoms with Crippen molar-refractivity contribution >= 4 is 23.4 Å².